The van der Waals surface area contributed by atoms with Crippen molar-refractivity contribution in [2.75, 3.05) is 26.1 Å². The number of nitrogens with zero attached hydrogens (tertiary/aromatic N) is 3. The molecular formula is C16H19FN4O2. The van der Waals surface area contributed by atoms with Gasteiger partial charge >= 0.3 is 0 Å². The van der Waals surface area contributed by atoms with E-state index in [0.29, 0.717) is 11.6 Å². The van der Waals surface area contributed by atoms with Crippen LogP contribution in [0.2, 0.25) is 0 Å². The summed E-state index contributed by atoms with van der Waals surface area (Å²) < 4.78 is 18.5. The molecule has 122 valence electrons. The minimum absolute atomic E-state index is 0.101. The van der Waals surface area contributed by atoms with E-state index < -0.39 is 5.82 Å². The summed E-state index contributed by atoms with van der Waals surface area (Å²) in [5.41, 5.74) is 1.72. The molecule has 0 aliphatic heterocycles. The van der Waals surface area contributed by atoms with Crippen LogP contribution in [0.3, 0.4) is 0 Å². The molecule has 1 aromatic carbocycles. The van der Waals surface area contributed by atoms with E-state index in [1.165, 1.54) is 19.2 Å². The van der Waals surface area contributed by atoms with Crippen LogP contribution >= 0.6 is 0 Å². The highest BCUT2D eigenvalue weighted by atomic mass is 19.1. The van der Waals surface area contributed by atoms with Crippen molar-refractivity contribution in [1.82, 2.24) is 15.3 Å². The number of halogens is 1. The molecule has 1 N–H and O–H groups in total. The number of benzene rings is 1. The van der Waals surface area contributed by atoms with Crippen molar-refractivity contribution in [3.8, 4) is 5.75 Å². The van der Waals surface area contributed by atoms with Crippen molar-refractivity contribution in [3.63, 3.8) is 0 Å². The number of anilines is 1. The van der Waals surface area contributed by atoms with Gasteiger partial charge in [0.05, 0.1) is 19.3 Å². The summed E-state index contributed by atoms with van der Waals surface area (Å²) >= 11 is 0. The lowest BCUT2D eigenvalue weighted by Crippen LogP contribution is -2.24. The first-order chi connectivity index (χ1) is 10.9. The van der Waals surface area contributed by atoms with Gasteiger partial charge in [-0.25, -0.2) is 14.4 Å². The molecule has 0 aliphatic rings. The first-order valence-corrected chi connectivity index (χ1v) is 7.04. The number of carbonyl (C=O) groups is 1. The van der Waals surface area contributed by atoms with Crippen molar-refractivity contribution >= 4 is 11.9 Å². The highest BCUT2D eigenvalue weighted by Crippen LogP contribution is 2.17. The lowest BCUT2D eigenvalue weighted by Gasteiger charge is -2.13. The summed E-state index contributed by atoms with van der Waals surface area (Å²) in [5, 5.41) is 2.72. The van der Waals surface area contributed by atoms with Gasteiger partial charge in [-0.1, -0.05) is 0 Å². The number of hydrogen-bond donors (Lipinski definition) is 1. The van der Waals surface area contributed by atoms with Gasteiger partial charge in [-0.15, -0.1) is 0 Å². The molecule has 0 saturated heterocycles. The number of methoxy groups -OCH3 is 1. The standard InChI is InChI=1S/C16H19FN4O2/c1-10-7-12(20-16(19-10)21(2)3)9-18-15(22)11-5-6-14(23-4)13(17)8-11/h5-8H,9H2,1-4H3,(H,18,22). The molecule has 0 saturated carbocycles. The van der Waals surface area contributed by atoms with E-state index in [-0.39, 0.29) is 23.8 Å². The second kappa shape index (κ2) is 7.04. The van der Waals surface area contributed by atoms with Gasteiger partial charge in [0.25, 0.3) is 5.91 Å². The van der Waals surface area contributed by atoms with Gasteiger partial charge in [0.2, 0.25) is 5.95 Å². The Bertz CT molecular complexity index is 719. The average Bonchev–Trinajstić information content (AvgIpc) is 2.52. The Morgan fingerprint density at radius 1 is 1.30 bits per heavy atom. The van der Waals surface area contributed by atoms with Crippen LogP contribution in [0.5, 0.6) is 5.75 Å². The van der Waals surface area contributed by atoms with Gasteiger partial charge in [0.15, 0.2) is 11.6 Å². The maximum Gasteiger partial charge on any atom is 0.251 e. The fourth-order valence-electron chi connectivity index (χ4n) is 1.99. The predicted octanol–water partition coefficient (Wildman–Crippen LogP) is 1.93. The minimum Gasteiger partial charge on any atom is -0.494 e. The van der Waals surface area contributed by atoms with Crippen LogP contribution in [-0.2, 0) is 6.54 Å². The van der Waals surface area contributed by atoms with E-state index in [0.717, 1.165) is 11.8 Å². The number of aromatic nitrogens is 2. The van der Waals surface area contributed by atoms with E-state index in [1.54, 1.807) is 11.0 Å². The highest BCUT2D eigenvalue weighted by molar-refractivity contribution is 5.94. The zero-order valence-electron chi connectivity index (χ0n) is 13.6. The lowest BCUT2D eigenvalue weighted by molar-refractivity contribution is 0.0950. The summed E-state index contributed by atoms with van der Waals surface area (Å²) in [6, 6.07) is 5.86. The lowest BCUT2D eigenvalue weighted by atomic mass is 10.2. The fourth-order valence-corrected chi connectivity index (χ4v) is 1.99. The molecule has 1 amide bonds. The van der Waals surface area contributed by atoms with Crippen LogP contribution < -0.4 is 15.0 Å². The van der Waals surface area contributed by atoms with E-state index in [2.05, 4.69) is 15.3 Å². The zero-order valence-corrected chi connectivity index (χ0v) is 13.6. The number of nitrogens with one attached hydrogen (secondary N) is 1. The maximum atomic E-state index is 13.6. The SMILES string of the molecule is COc1ccc(C(=O)NCc2cc(C)nc(N(C)C)n2)cc1F. The fraction of sp³-hybridized carbons (Fsp3) is 0.312. The monoisotopic (exact) mass is 318 g/mol. The first kappa shape index (κ1) is 16.7. The molecular weight excluding hydrogens is 299 g/mol. The van der Waals surface area contributed by atoms with Gasteiger partial charge in [-0.05, 0) is 31.2 Å². The summed E-state index contributed by atoms with van der Waals surface area (Å²) in [6.45, 7) is 2.09. The highest BCUT2D eigenvalue weighted by Gasteiger charge is 2.11. The molecule has 0 bridgehead atoms. The van der Waals surface area contributed by atoms with Crippen LogP contribution in [0, 0.1) is 12.7 Å². The van der Waals surface area contributed by atoms with Crippen molar-refractivity contribution < 1.29 is 13.9 Å². The Morgan fingerprint density at radius 2 is 2.04 bits per heavy atom. The third kappa shape index (κ3) is 4.15. The number of ether oxygens (including phenoxy) is 1. The molecule has 7 heteroatoms. The number of hydrogen-bond acceptors (Lipinski definition) is 5. The summed E-state index contributed by atoms with van der Waals surface area (Å²) in [5.74, 6) is -0.282. The summed E-state index contributed by atoms with van der Waals surface area (Å²) in [7, 11) is 5.06. The van der Waals surface area contributed by atoms with Crippen LogP contribution in [0.25, 0.3) is 0 Å². The molecule has 2 rings (SSSR count). The van der Waals surface area contributed by atoms with Crippen LogP contribution in [0.1, 0.15) is 21.7 Å². The molecule has 0 aliphatic carbocycles. The number of rotatable bonds is 5. The first-order valence-electron chi connectivity index (χ1n) is 7.04. The van der Waals surface area contributed by atoms with Crippen LogP contribution in [-0.4, -0.2) is 37.1 Å². The predicted molar refractivity (Wildman–Crippen MR) is 85.2 cm³/mol. The molecule has 2 aromatic rings. The minimum atomic E-state index is -0.576. The molecule has 0 spiro atoms. The Morgan fingerprint density at radius 3 is 2.65 bits per heavy atom. The molecule has 23 heavy (non-hydrogen) atoms. The van der Waals surface area contributed by atoms with Crippen LogP contribution in [0.4, 0.5) is 10.3 Å². The smallest absolute Gasteiger partial charge is 0.251 e. The van der Waals surface area contributed by atoms with E-state index in [9.17, 15) is 9.18 Å². The second-order valence-corrected chi connectivity index (χ2v) is 5.23. The van der Waals surface area contributed by atoms with Crippen molar-refractivity contribution in [2.45, 2.75) is 13.5 Å². The number of carbonyl (C=O) groups excluding carboxylic acids is 1. The third-order valence-electron chi connectivity index (χ3n) is 3.14. The summed E-state index contributed by atoms with van der Waals surface area (Å²) in [6.07, 6.45) is 0. The number of aryl methyl sites for hydroxylation is 1. The third-order valence-corrected chi connectivity index (χ3v) is 3.14. The Balaban J connectivity index is 2.08. The van der Waals surface area contributed by atoms with E-state index >= 15 is 0 Å². The maximum absolute atomic E-state index is 13.6. The van der Waals surface area contributed by atoms with Gasteiger partial charge in [-0.2, -0.15) is 0 Å². The van der Waals surface area contributed by atoms with Gasteiger partial charge in [0.1, 0.15) is 0 Å². The summed E-state index contributed by atoms with van der Waals surface area (Å²) in [4.78, 5) is 22.5. The largest absolute Gasteiger partial charge is 0.494 e. The number of amides is 1. The Labute approximate surface area is 134 Å². The van der Waals surface area contributed by atoms with Crippen molar-refractivity contribution in [2.24, 2.45) is 0 Å². The zero-order chi connectivity index (χ0) is 17.0. The second-order valence-electron chi connectivity index (χ2n) is 5.23. The van der Waals surface area contributed by atoms with Gasteiger partial charge < -0.3 is 15.0 Å². The molecule has 6 nitrogen and oxygen atoms in total. The Kier molecular flexibility index (Phi) is 5.10. The molecule has 1 aromatic heterocycles. The van der Waals surface area contributed by atoms with Crippen molar-refractivity contribution in [3.05, 3.63) is 47.0 Å². The molecule has 1 heterocycles. The van der Waals surface area contributed by atoms with E-state index in [4.69, 9.17) is 4.74 Å². The molecule has 0 fully saturated rings. The topological polar surface area (TPSA) is 67.3 Å². The molecule has 0 unspecified atom stereocenters. The van der Waals surface area contributed by atoms with Gasteiger partial charge in [-0.3, -0.25) is 4.79 Å². The Hall–Kier alpha value is -2.70. The van der Waals surface area contributed by atoms with Gasteiger partial charge in [0, 0.05) is 25.4 Å². The molecule has 0 atom stereocenters. The van der Waals surface area contributed by atoms with E-state index in [1.807, 2.05) is 21.0 Å². The normalized spacial score (nSPS) is 10.3. The quantitative estimate of drug-likeness (QED) is 0.912. The molecule has 0 radical (unpaired) electrons. The van der Waals surface area contributed by atoms with Crippen molar-refractivity contribution in [1.29, 1.82) is 0 Å². The van der Waals surface area contributed by atoms with Crippen LogP contribution in [0.15, 0.2) is 24.3 Å². The average molecular weight is 318 g/mol.